The molecule has 4 heteroatoms. The number of nitrogens with zero attached hydrogens (tertiary/aromatic N) is 2. The molecule has 10 aromatic rings. The molecular weight excluding hydrogens is 733 g/mol. The third-order valence-corrected chi connectivity index (χ3v) is 11.8. The first-order valence-electron chi connectivity index (χ1n) is 20.3. The van der Waals surface area contributed by atoms with Gasteiger partial charge in [-0.1, -0.05) is 146 Å². The van der Waals surface area contributed by atoms with Crippen LogP contribution >= 0.6 is 0 Å². The van der Waals surface area contributed by atoms with Crippen molar-refractivity contribution in [3.05, 3.63) is 218 Å². The van der Waals surface area contributed by atoms with Crippen molar-refractivity contribution in [3.63, 3.8) is 0 Å². The minimum atomic E-state index is 0.767. The first-order valence-corrected chi connectivity index (χ1v) is 20.3. The lowest BCUT2D eigenvalue weighted by molar-refractivity contribution is 0.446. The molecule has 2 aliphatic rings. The molecule has 2 heterocycles. The number of benzene rings is 10. The Morgan fingerprint density at radius 2 is 0.800 bits per heavy atom. The second-order valence-electron chi connectivity index (χ2n) is 15.3. The van der Waals surface area contributed by atoms with E-state index in [2.05, 4.69) is 192 Å². The van der Waals surface area contributed by atoms with E-state index >= 15 is 0 Å². The van der Waals surface area contributed by atoms with E-state index in [1.54, 1.807) is 0 Å². The van der Waals surface area contributed by atoms with Gasteiger partial charge >= 0.3 is 0 Å². The van der Waals surface area contributed by atoms with Crippen molar-refractivity contribution >= 4 is 55.7 Å². The van der Waals surface area contributed by atoms with Gasteiger partial charge in [-0.3, -0.25) is 4.90 Å². The van der Waals surface area contributed by atoms with Gasteiger partial charge in [0.25, 0.3) is 0 Å². The second kappa shape index (κ2) is 13.8. The molecule has 0 spiro atoms. The Balaban J connectivity index is 0.938. The van der Waals surface area contributed by atoms with E-state index in [1.807, 2.05) is 36.4 Å². The lowest BCUT2D eigenvalue weighted by atomic mass is 9.96. The summed E-state index contributed by atoms with van der Waals surface area (Å²) < 4.78 is 13.2. The molecule has 0 aromatic heterocycles. The Morgan fingerprint density at radius 3 is 1.45 bits per heavy atom. The summed E-state index contributed by atoms with van der Waals surface area (Å²) in [4.78, 5) is 4.65. The molecule has 0 radical (unpaired) electrons. The molecule has 282 valence electrons. The number of ether oxygens (including phenoxy) is 2. The van der Waals surface area contributed by atoms with Gasteiger partial charge < -0.3 is 14.4 Å². The van der Waals surface area contributed by atoms with E-state index in [0.29, 0.717) is 0 Å². The fourth-order valence-electron chi connectivity index (χ4n) is 8.95. The van der Waals surface area contributed by atoms with Crippen LogP contribution in [0.4, 0.5) is 34.1 Å². The number of hydrogen-bond acceptors (Lipinski definition) is 4. The zero-order chi connectivity index (χ0) is 39.6. The van der Waals surface area contributed by atoms with Gasteiger partial charge in [0, 0.05) is 16.8 Å². The molecule has 0 amide bonds. The maximum absolute atomic E-state index is 6.58. The van der Waals surface area contributed by atoms with Crippen LogP contribution in [-0.4, -0.2) is 0 Å². The van der Waals surface area contributed by atoms with Crippen molar-refractivity contribution in [3.8, 4) is 56.4 Å². The van der Waals surface area contributed by atoms with Crippen LogP contribution in [0.15, 0.2) is 218 Å². The van der Waals surface area contributed by atoms with Gasteiger partial charge in [0.2, 0.25) is 0 Å². The Bertz CT molecular complexity index is 3200. The molecule has 0 aliphatic carbocycles. The first-order chi connectivity index (χ1) is 29.7. The topological polar surface area (TPSA) is 24.9 Å². The van der Waals surface area contributed by atoms with Gasteiger partial charge in [-0.15, -0.1) is 0 Å². The van der Waals surface area contributed by atoms with Crippen LogP contribution in [0.25, 0.3) is 54.9 Å². The monoisotopic (exact) mass is 768 g/mol. The zero-order valence-electron chi connectivity index (χ0n) is 32.5. The first kappa shape index (κ1) is 34.0. The van der Waals surface area contributed by atoms with Gasteiger partial charge in [0.15, 0.2) is 23.0 Å². The van der Waals surface area contributed by atoms with E-state index in [4.69, 9.17) is 9.47 Å². The average Bonchev–Trinajstić information content (AvgIpc) is 3.32. The fraction of sp³-hybridized carbons (Fsp3) is 0. The van der Waals surface area contributed by atoms with Gasteiger partial charge in [0.1, 0.15) is 5.69 Å². The van der Waals surface area contributed by atoms with E-state index in [-0.39, 0.29) is 0 Å². The smallest absolute Gasteiger partial charge is 0.156 e. The summed E-state index contributed by atoms with van der Waals surface area (Å²) in [5.74, 6) is 3.17. The standard InChI is InChI=1S/C56H36N2O2/c1-2-13-37(14-3-1)38-25-29-44(30-26-38)57(51-34-42-15-4-5-18-46(42)47-19-6-7-20-48(47)51)45-31-27-39(28-32-45)40-16-12-17-41(33-40)43-35-54-56-55(36-43)60-53-24-11-9-22-50(53)58(56)49-21-8-10-23-52(49)59-54/h1-36H. The van der Waals surface area contributed by atoms with Crippen molar-refractivity contribution in [1.82, 2.24) is 0 Å². The normalized spacial score (nSPS) is 12.2. The quantitative estimate of drug-likeness (QED) is 0.157. The molecule has 4 nitrogen and oxygen atoms in total. The molecule has 0 bridgehead atoms. The maximum Gasteiger partial charge on any atom is 0.156 e. The van der Waals surface area contributed by atoms with Crippen LogP contribution in [-0.2, 0) is 0 Å². The molecule has 0 saturated carbocycles. The largest absolute Gasteiger partial charge is 0.453 e. The van der Waals surface area contributed by atoms with E-state index in [0.717, 1.165) is 79.4 Å². The van der Waals surface area contributed by atoms with Crippen LogP contribution in [0, 0.1) is 0 Å². The third-order valence-electron chi connectivity index (χ3n) is 11.8. The molecule has 0 fully saturated rings. The van der Waals surface area contributed by atoms with Crippen molar-refractivity contribution < 1.29 is 9.47 Å². The molecule has 0 unspecified atom stereocenters. The van der Waals surface area contributed by atoms with Crippen molar-refractivity contribution in [2.24, 2.45) is 0 Å². The molecule has 0 saturated heterocycles. The average molecular weight is 769 g/mol. The zero-order valence-corrected chi connectivity index (χ0v) is 32.5. The lowest BCUT2D eigenvalue weighted by Gasteiger charge is -2.38. The highest BCUT2D eigenvalue weighted by Gasteiger charge is 2.35. The summed E-state index contributed by atoms with van der Waals surface area (Å²) in [5.41, 5.74) is 13.0. The van der Waals surface area contributed by atoms with Crippen LogP contribution in [0.5, 0.6) is 23.0 Å². The highest BCUT2D eigenvalue weighted by atomic mass is 16.5. The van der Waals surface area contributed by atoms with E-state index in [1.165, 1.54) is 32.7 Å². The van der Waals surface area contributed by atoms with Crippen LogP contribution < -0.4 is 19.3 Å². The summed E-state index contributed by atoms with van der Waals surface area (Å²) in [6.07, 6.45) is 0. The molecule has 2 aliphatic heterocycles. The summed E-state index contributed by atoms with van der Waals surface area (Å²) in [5, 5.41) is 4.89. The number of rotatable bonds is 6. The van der Waals surface area contributed by atoms with Gasteiger partial charge in [-0.25, -0.2) is 0 Å². The summed E-state index contributed by atoms with van der Waals surface area (Å²) in [6.45, 7) is 0. The highest BCUT2D eigenvalue weighted by molar-refractivity contribution is 6.14. The van der Waals surface area contributed by atoms with Crippen molar-refractivity contribution in [1.29, 1.82) is 0 Å². The van der Waals surface area contributed by atoms with E-state index in [9.17, 15) is 0 Å². The van der Waals surface area contributed by atoms with Gasteiger partial charge in [-0.05, 0) is 122 Å². The molecule has 60 heavy (non-hydrogen) atoms. The SMILES string of the molecule is c1ccc(-c2ccc(N(c3ccc(-c4cccc(-c5cc6c7c(c5)Oc5ccccc5N7c5ccccc5O6)c4)cc3)c3cc4ccccc4c4ccccc34)cc2)cc1. The highest BCUT2D eigenvalue weighted by Crippen LogP contribution is 2.60. The minimum Gasteiger partial charge on any atom is -0.453 e. The Labute approximate surface area is 348 Å². The molecule has 0 N–H and O–H groups in total. The summed E-state index contributed by atoms with van der Waals surface area (Å²) in [7, 11) is 0. The number of fused-ring (bicyclic) bond motifs is 7. The second-order valence-corrected chi connectivity index (χ2v) is 15.3. The van der Waals surface area contributed by atoms with Crippen LogP contribution in [0.2, 0.25) is 0 Å². The van der Waals surface area contributed by atoms with Crippen molar-refractivity contribution in [2.45, 2.75) is 0 Å². The summed E-state index contributed by atoms with van der Waals surface area (Å²) >= 11 is 0. The fourth-order valence-corrected chi connectivity index (χ4v) is 8.95. The Hall–Kier alpha value is -8.08. The summed E-state index contributed by atoms with van der Waals surface area (Å²) in [6, 6.07) is 77.5. The molecule has 10 aromatic carbocycles. The number of para-hydroxylation sites is 4. The van der Waals surface area contributed by atoms with Crippen molar-refractivity contribution in [2.75, 3.05) is 9.80 Å². The number of hydrogen-bond donors (Lipinski definition) is 0. The minimum absolute atomic E-state index is 0.767. The predicted molar refractivity (Wildman–Crippen MR) is 247 cm³/mol. The van der Waals surface area contributed by atoms with Gasteiger partial charge in [0.05, 0.1) is 17.1 Å². The lowest BCUT2D eigenvalue weighted by Crippen LogP contribution is -2.20. The van der Waals surface area contributed by atoms with Crippen LogP contribution in [0.1, 0.15) is 0 Å². The Kier molecular flexibility index (Phi) is 7.82. The predicted octanol–water partition coefficient (Wildman–Crippen LogP) is 16.1. The number of anilines is 6. The Morgan fingerprint density at radius 1 is 0.317 bits per heavy atom. The van der Waals surface area contributed by atoms with Gasteiger partial charge in [-0.2, -0.15) is 0 Å². The third kappa shape index (κ3) is 5.61. The molecule has 12 rings (SSSR count). The van der Waals surface area contributed by atoms with Crippen LogP contribution in [0.3, 0.4) is 0 Å². The van der Waals surface area contributed by atoms with E-state index < -0.39 is 0 Å². The molecular formula is C56H36N2O2. The molecule has 0 atom stereocenters. The maximum atomic E-state index is 6.58.